The number of esters is 1. The maximum absolute atomic E-state index is 12.4. The third-order valence-corrected chi connectivity index (χ3v) is 5.44. The Morgan fingerprint density at radius 1 is 0.917 bits per heavy atom. The van der Waals surface area contributed by atoms with Gasteiger partial charge in [0, 0.05) is 0 Å². The van der Waals surface area contributed by atoms with E-state index in [0.717, 1.165) is 23.6 Å². The molecule has 4 rings (SSSR count). The molecule has 36 heavy (non-hydrogen) atoms. The van der Waals surface area contributed by atoms with Gasteiger partial charge in [-0.3, -0.25) is 4.79 Å². The highest BCUT2D eigenvalue weighted by atomic mass is 16.5. The van der Waals surface area contributed by atoms with Crippen molar-refractivity contribution in [2.45, 2.75) is 19.8 Å². The van der Waals surface area contributed by atoms with Gasteiger partial charge in [-0.2, -0.15) is 5.10 Å². The second-order valence-electron chi connectivity index (χ2n) is 8.10. The number of benzene rings is 4. The number of amides is 1. The van der Waals surface area contributed by atoms with Crippen LogP contribution in [-0.4, -0.2) is 29.8 Å². The van der Waals surface area contributed by atoms with Crippen molar-refractivity contribution in [1.82, 2.24) is 5.43 Å². The molecule has 0 aromatic heterocycles. The Labute approximate surface area is 209 Å². The molecule has 0 saturated carbocycles. The molecule has 0 unspecified atom stereocenters. The van der Waals surface area contributed by atoms with Gasteiger partial charge in [0.05, 0.1) is 23.9 Å². The first-order chi connectivity index (χ1) is 17.5. The lowest BCUT2D eigenvalue weighted by atomic mass is 10.1. The minimum atomic E-state index is -0.526. The third-order valence-electron chi connectivity index (χ3n) is 5.44. The van der Waals surface area contributed by atoms with Crippen molar-refractivity contribution in [2.24, 2.45) is 5.10 Å². The van der Waals surface area contributed by atoms with Gasteiger partial charge in [0.25, 0.3) is 5.91 Å². The maximum Gasteiger partial charge on any atom is 0.343 e. The van der Waals surface area contributed by atoms with Crippen LogP contribution in [0.4, 0.5) is 0 Å². The van der Waals surface area contributed by atoms with Crippen molar-refractivity contribution in [3.8, 4) is 17.2 Å². The first-order valence-electron chi connectivity index (χ1n) is 11.6. The van der Waals surface area contributed by atoms with Gasteiger partial charge in [0.15, 0.2) is 0 Å². The number of aromatic hydroxyl groups is 1. The number of nitrogens with zero attached hydrogens (tertiary/aromatic N) is 1. The summed E-state index contributed by atoms with van der Waals surface area (Å²) in [5.74, 6) is -0.0239. The van der Waals surface area contributed by atoms with E-state index in [1.165, 1.54) is 6.21 Å². The number of carbonyl (C=O) groups excluding carboxylic acids is 2. The number of unbranched alkanes of at least 4 members (excludes halogenated alkanes) is 1. The molecule has 0 heterocycles. The molecule has 4 aromatic carbocycles. The summed E-state index contributed by atoms with van der Waals surface area (Å²) in [5, 5.41) is 15.8. The van der Waals surface area contributed by atoms with Crippen LogP contribution >= 0.6 is 0 Å². The Balaban J connectivity index is 1.31. The summed E-state index contributed by atoms with van der Waals surface area (Å²) in [6, 6.07) is 24.1. The highest BCUT2D eigenvalue weighted by molar-refractivity contribution is 6.01. The standard InChI is InChI=1S/C29H26N2O5/c1-2-3-16-35-24-14-10-21(11-15-24)29(34)36-25-12-8-20(9-13-25)19-30-31-28(33)26-17-22-6-4-5-7-23(22)18-27(26)32/h4-15,17-19,32H,2-3,16H2,1H3,(H,31,33)/b30-19+. The van der Waals surface area contributed by atoms with Crippen molar-refractivity contribution < 1.29 is 24.2 Å². The molecule has 0 bridgehead atoms. The fourth-order valence-electron chi connectivity index (χ4n) is 3.45. The normalized spacial score (nSPS) is 10.9. The van der Waals surface area contributed by atoms with Crippen LogP contribution in [0.3, 0.4) is 0 Å². The predicted molar refractivity (Wildman–Crippen MR) is 139 cm³/mol. The summed E-state index contributed by atoms with van der Waals surface area (Å²) in [5.41, 5.74) is 3.66. The fraction of sp³-hybridized carbons (Fsp3) is 0.138. The highest BCUT2D eigenvalue weighted by Crippen LogP contribution is 2.25. The van der Waals surface area contributed by atoms with Crippen molar-refractivity contribution in [3.63, 3.8) is 0 Å². The topological polar surface area (TPSA) is 97.2 Å². The molecule has 2 N–H and O–H groups in total. The molecule has 0 spiro atoms. The van der Waals surface area contributed by atoms with E-state index >= 15 is 0 Å². The monoisotopic (exact) mass is 482 g/mol. The molecular formula is C29H26N2O5. The third kappa shape index (κ3) is 6.27. The Morgan fingerprint density at radius 3 is 2.28 bits per heavy atom. The average Bonchev–Trinajstić information content (AvgIpc) is 2.89. The smallest absolute Gasteiger partial charge is 0.343 e. The molecule has 7 heteroatoms. The molecule has 0 saturated heterocycles. The molecule has 1 amide bonds. The minimum Gasteiger partial charge on any atom is -0.507 e. The highest BCUT2D eigenvalue weighted by Gasteiger charge is 2.12. The number of ether oxygens (including phenoxy) is 2. The summed E-state index contributed by atoms with van der Waals surface area (Å²) in [6.45, 7) is 2.74. The Hall–Kier alpha value is -4.65. The van der Waals surface area contributed by atoms with Gasteiger partial charge < -0.3 is 14.6 Å². The molecule has 0 fully saturated rings. The number of hydrogen-bond donors (Lipinski definition) is 2. The summed E-state index contributed by atoms with van der Waals surface area (Å²) >= 11 is 0. The lowest BCUT2D eigenvalue weighted by molar-refractivity contribution is 0.0734. The molecule has 0 radical (unpaired) electrons. The first kappa shape index (κ1) is 24.5. The second-order valence-corrected chi connectivity index (χ2v) is 8.10. The number of fused-ring (bicyclic) bond motifs is 1. The van der Waals surface area contributed by atoms with Crippen LogP contribution in [0.1, 0.15) is 46.0 Å². The zero-order chi connectivity index (χ0) is 25.3. The van der Waals surface area contributed by atoms with Gasteiger partial charge in [-0.05, 0) is 83.4 Å². The lowest BCUT2D eigenvalue weighted by Crippen LogP contribution is -2.17. The molecule has 0 aliphatic rings. The number of carbonyl (C=O) groups is 2. The molecule has 0 aliphatic heterocycles. The largest absolute Gasteiger partial charge is 0.507 e. The van der Waals surface area contributed by atoms with Gasteiger partial charge in [0.1, 0.15) is 17.2 Å². The van der Waals surface area contributed by atoms with E-state index in [1.54, 1.807) is 60.7 Å². The molecule has 7 nitrogen and oxygen atoms in total. The number of phenolic OH excluding ortho intramolecular Hbond substituents is 1. The summed E-state index contributed by atoms with van der Waals surface area (Å²) in [4.78, 5) is 24.9. The molecule has 0 aliphatic carbocycles. The van der Waals surface area contributed by atoms with Gasteiger partial charge in [-0.25, -0.2) is 10.2 Å². The van der Waals surface area contributed by atoms with Crippen LogP contribution in [0.15, 0.2) is 90.0 Å². The van der Waals surface area contributed by atoms with E-state index in [0.29, 0.717) is 29.2 Å². The van der Waals surface area contributed by atoms with Gasteiger partial charge >= 0.3 is 5.97 Å². The first-order valence-corrected chi connectivity index (χ1v) is 11.6. The van der Waals surface area contributed by atoms with Crippen molar-refractivity contribution in [2.75, 3.05) is 6.61 Å². The van der Waals surface area contributed by atoms with Crippen molar-refractivity contribution >= 4 is 28.9 Å². The fourth-order valence-corrected chi connectivity index (χ4v) is 3.45. The van der Waals surface area contributed by atoms with Crippen molar-refractivity contribution in [1.29, 1.82) is 0 Å². The summed E-state index contributed by atoms with van der Waals surface area (Å²) in [7, 11) is 0. The van der Waals surface area contributed by atoms with Crippen LogP contribution < -0.4 is 14.9 Å². The van der Waals surface area contributed by atoms with Gasteiger partial charge in [0.2, 0.25) is 0 Å². The van der Waals surface area contributed by atoms with E-state index in [9.17, 15) is 14.7 Å². The van der Waals surface area contributed by atoms with Crippen LogP contribution in [0, 0.1) is 0 Å². The second kappa shape index (κ2) is 11.7. The van der Waals surface area contributed by atoms with E-state index in [-0.39, 0.29) is 11.3 Å². The Bertz CT molecular complexity index is 1380. The molecular weight excluding hydrogens is 456 g/mol. The molecule has 182 valence electrons. The lowest BCUT2D eigenvalue weighted by Gasteiger charge is -2.07. The Morgan fingerprint density at radius 2 is 1.58 bits per heavy atom. The molecule has 4 aromatic rings. The van der Waals surface area contributed by atoms with Crippen molar-refractivity contribution in [3.05, 3.63) is 102 Å². The van der Waals surface area contributed by atoms with E-state index in [1.807, 2.05) is 24.3 Å². The van der Waals surface area contributed by atoms with Crippen LogP contribution in [0.5, 0.6) is 17.2 Å². The summed E-state index contributed by atoms with van der Waals surface area (Å²) in [6.07, 6.45) is 3.49. The van der Waals surface area contributed by atoms with Crippen LogP contribution in [-0.2, 0) is 0 Å². The van der Waals surface area contributed by atoms with E-state index < -0.39 is 11.9 Å². The van der Waals surface area contributed by atoms with Crippen LogP contribution in [0.2, 0.25) is 0 Å². The molecule has 0 atom stereocenters. The minimum absolute atomic E-state index is 0.119. The van der Waals surface area contributed by atoms with E-state index in [4.69, 9.17) is 9.47 Å². The van der Waals surface area contributed by atoms with Crippen LogP contribution in [0.25, 0.3) is 10.8 Å². The number of phenols is 1. The van der Waals surface area contributed by atoms with Gasteiger partial charge in [-0.15, -0.1) is 0 Å². The Kier molecular flexibility index (Phi) is 7.93. The zero-order valence-corrected chi connectivity index (χ0v) is 19.8. The number of hydrogen-bond acceptors (Lipinski definition) is 6. The summed E-state index contributed by atoms with van der Waals surface area (Å²) < 4.78 is 11.0. The van der Waals surface area contributed by atoms with Gasteiger partial charge in [-0.1, -0.05) is 37.6 Å². The predicted octanol–water partition coefficient (Wildman–Crippen LogP) is 5.71. The SMILES string of the molecule is CCCCOc1ccc(C(=O)Oc2ccc(/C=N/NC(=O)c3cc4ccccc4cc3O)cc2)cc1. The number of nitrogens with one attached hydrogen (secondary N) is 1. The number of hydrazone groups is 1. The van der Waals surface area contributed by atoms with E-state index in [2.05, 4.69) is 17.5 Å². The average molecular weight is 483 g/mol. The maximum atomic E-state index is 12.4. The number of rotatable bonds is 9. The quantitative estimate of drug-likeness (QED) is 0.105. The zero-order valence-electron chi connectivity index (χ0n) is 19.8.